The normalized spacial score (nSPS) is 17.0. The van der Waals surface area contributed by atoms with Gasteiger partial charge in [0.1, 0.15) is 23.2 Å². The van der Waals surface area contributed by atoms with E-state index in [2.05, 4.69) is 36.4 Å². The van der Waals surface area contributed by atoms with Crippen molar-refractivity contribution in [3.05, 3.63) is 108 Å². The van der Waals surface area contributed by atoms with E-state index in [1.54, 1.807) is 18.7 Å². The summed E-state index contributed by atoms with van der Waals surface area (Å²) in [5, 5.41) is 2.21. The van der Waals surface area contributed by atoms with Crippen LogP contribution in [0.5, 0.6) is 11.5 Å². The molecular weight excluding hydrogens is 566 g/mol. The quantitative estimate of drug-likeness (QED) is 0.187. The van der Waals surface area contributed by atoms with Crippen molar-refractivity contribution in [1.29, 1.82) is 0 Å². The van der Waals surface area contributed by atoms with Gasteiger partial charge < -0.3 is 18.9 Å². The number of benzene rings is 4. The Bertz CT molecular complexity index is 1670. The molecule has 7 heteroatoms. The molecule has 1 aliphatic rings. The molecule has 0 spiro atoms. The standard InChI is InChI=1S/C38H43NO6/c1-25(30-20-13-15-26-14-8-9-18-31(26)30)39(36(41)45-37(2,3)4)24-29-23-33(32-19-10-11-21-34(32)43-29)27-16-12-17-28(22-27)44-38(5,6)35(40)42-7/h8-22,25,29,33H,23-24H2,1-7H3. The van der Waals surface area contributed by atoms with Gasteiger partial charge in [-0.1, -0.05) is 72.8 Å². The minimum absolute atomic E-state index is 0.0295. The van der Waals surface area contributed by atoms with Gasteiger partial charge in [-0.2, -0.15) is 0 Å². The second-order valence-corrected chi connectivity index (χ2v) is 13.1. The predicted molar refractivity (Wildman–Crippen MR) is 176 cm³/mol. The molecule has 45 heavy (non-hydrogen) atoms. The molecule has 0 fully saturated rings. The fourth-order valence-corrected chi connectivity index (χ4v) is 6.01. The van der Waals surface area contributed by atoms with Crippen LogP contribution >= 0.6 is 0 Å². The number of para-hydroxylation sites is 1. The highest BCUT2D eigenvalue weighted by Crippen LogP contribution is 2.42. The number of carbonyl (C=O) groups excluding carboxylic acids is 2. The lowest BCUT2D eigenvalue weighted by atomic mass is 9.84. The monoisotopic (exact) mass is 609 g/mol. The predicted octanol–water partition coefficient (Wildman–Crippen LogP) is 8.45. The number of fused-ring (bicyclic) bond motifs is 2. The highest BCUT2D eigenvalue weighted by Gasteiger charge is 2.36. The molecule has 5 rings (SSSR count). The topological polar surface area (TPSA) is 74.3 Å². The summed E-state index contributed by atoms with van der Waals surface area (Å²) < 4.78 is 23.5. The second-order valence-electron chi connectivity index (χ2n) is 13.1. The molecule has 0 aromatic heterocycles. The number of amides is 1. The van der Waals surface area contributed by atoms with Crippen molar-refractivity contribution in [2.45, 2.75) is 77.2 Å². The lowest BCUT2D eigenvalue weighted by Gasteiger charge is -2.38. The lowest BCUT2D eigenvalue weighted by Crippen LogP contribution is -2.45. The third kappa shape index (κ3) is 7.25. The van der Waals surface area contributed by atoms with Crippen molar-refractivity contribution in [1.82, 2.24) is 4.90 Å². The summed E-state index contributed by atoms with van der Waals surface area (Å²) >= 11 is 0. The van der Waals surface area contributed by atoms with Gasteiger partial charge in [-0.05, 0) is 88.1 Å². The number of hydrogen-bond acceptors (Lipinski definition) is 6. The number of esters is 1. The van der Waals surface area contributed by atoms with Gasteiger partial charge in [0.15, 0.2) is 5.60 Å². The number of methoxy groups -OCH3 is 1. The smallest absolute Gasteiger partial charge is 0.410 e. The first-order valence-corrected chi connectivity index (χ1v) is 15.5. The van der Waals surface area contributed by atoms with Crippen LogP contribution in [0.3, 0.4) is 0 Å². The van der Waals surface area contributed by atoms with E-state index in [4.69, 9.17) is 18.9 Å². The molecule has 0 saturated heterocycles. The maximum Gasteiger partial charge on any atom is 0.410 e. The van der Waals surface area contributed by atoms with Crippen molar-refractivity contribution in [3.63, 3.8) is 0 Å². The third-order valence-corrected chi connectivity index (χ3v) is 8.17. The molecule has 0 saturated carbocycles. The molecule has 0 aliphatic carbocycles. The van der Waals surface area contributed by atoms with Crippen LogP contribution in [0.2, 0.25) is 0 Å². The Morgan fingerprint density at radius 2 is 1.60 bits per heavy atom. The summed E-state index contributed by atoms with van der Waals surface area (Å²) in [6.45, 7) is 11.4. The molecule has 0 radical (unpaired) electrons. The van der Waals surface area contributed by atoms with Gasteiger partial charge in [0, 0.05) is 11.5 Å². The lowest BCUT2D eigenvalue weighted by molar-refractivity contribution is -0.156. The van der Waals surface area contributed by atoms with E-state index in [1.807, 2.05) is 82.3 Å². The van der Waals surface area contributed by atoms with Crippen LogP contribution in [0.1, 0.15) is 76.6 Å². The van der Waals surface area contributed by atoms with Crippen molar-refractivity contribution < 1.29 is 28.5 Å². The minimum atomic E-state index is -1.14. The number of hydrogen-bond donors (Lipinski definition) is 0. The van der Waals surface area contributed by atoms with Crippen molar-refractivity contribution in [3.8, 4) is 11.5 Å². The van der Waals surface area contributed by atoms with Gasteiger partial charge in [0.05, 0.1) is 19.7 Å². The van der Waals surface area contributed by atoms with Crippen LogP contribution < -0.4 is 9.47 Å². The molecule has 7 nitrogen and oxygen atoms in total. The zero-order chi connectivity index (χ0) is 32.4. The Morgan fingerprint density at radius 3 is 2.36 bits per heavy atom. The first-order valence-electron chi connectivity index (χ1n) is 15.5. The summed E-state index contributed by atoms with van der Waals surface area (Å²) in [7, 11) is 1.35. The summed E-state index contributed by atoms with van der Waals surface area (Å²) in [4.78, 5) is 27.9. The van der Waals surface area contributed by atoms with Gasteiger partial charge in [-0.15, -0.1) is 0 Å². The number of carbonyl (C=O) groups is 2. The zero-order valence-electron chi connectivity index (χ0n) is 27.2. The highest BCUT2D eigenvalue weighted by atomic mass is 16.6. The molecule has 4 aromatic carbocycles. The van der Waals surface area contributed by atoms with Gasteiger partial charge >= 0.3 is 12.1 Å². The first kappa shape index (κ1) is 31.9. The van der Waals surface area contributed by atoms with Crippen LogP contribution in [-0.4, -0.2) is 47.9 Å². The maximum absolute atomic E-state index is 13.8. The Labute approximate surface area is 266 Å². The Kier molecular flexibility index (Phi) is 9.10. The second kappa shape index (κ2) is 12.8. The van der Waals surface area contributed by atoms with Crippen molar-refractivity contribution >= 4 is 22.8 Å². The highest BCUT2D eigenvalue weighted by molar-refractivity contribution is 5.86. The van der Waals surface area contributed by atoms with Gasteiger partial charge in [-0.25, -0.2) is 9.59 Å². The van der Waals surface area contributed by atoms with E-state index in [1.165, 1.54) is 7.11 Å². The Balaban J connectivity index is 1.48. The van der Waals surface area contributed by atoms with E-state index < -0.39 is 17.2 Å². The third-order valence-electron chi connectivity index (χ3n) is 8.17. The molecule has 0 N–H and O–H groups in total. The number of nitrogens with zero attached hydrogens (tertiary/aromatic N) is 1. The SMILES string of the molecule is COC(=O)C(C)(C)Oc1cccc(C2CC(CN(C(=O)OC(C)(C)C)C(C)c3cccc4ccccc34)Oc3ccccc32)c1. The fraction of sp³-hybridized carbons (Fsp3) is 0.368. The van der Waals surface area contributed by atoms with E-state index >= 15 is 0 Å². The fourth-order valence-electron chi connectivity index (χ4n) is 6.01. The van der Waals surface area contributed by atoms with Gasteiger partial charge in [0.2, 0.25) is 0 Å². The van der Waals surface area contributed by atoms with Crippen LogP contribution in [0, 0.1) is 0 Å². The van der Waals surface area contributed by atoms with Crippen LogP contribution in [0.25, 0.3) is 10.8 Å². The molecule has 3 atom stereocenters. The van der Waals surface area contributed by atoms with Crippen LogP contribution in [0.4, 0.5) is 4.79 Å². The van der Waals surface area contributed by atoms with Crippen LogP contribution in [-0.2, 0) is 14.3 Å². The number of ether oxygens (including phenoxy) is 4. The van der Waals surface area contributed by atoms with Crippen molar-refractivity contribution in [2.24, 2.45) is 0 Å². The average molecular weight is 610 g/mol. The molecular formula is C38H43NO6. The molecule has 1 heterocycles. The minimum Gasteiger partial charge on any atom is -0.488 e. The molecule has 1 aliphatic heterocycles. The number of rotatable bonds is 8. The van der Waals surface area contributed by atoms with E-state index in [-0.39, 0.29) is 24.2 Å². The summed E-state index contributed by atoms with van der Waals surface area (Å²) in [6, 6.07) is 29.9. The van der Waals surface area contributed by atoms with Gasteiger partial charge in [-0.3, -0.25) is 4.90 Å². The zero-order valence-corrected chi connectivity index (χ0v) is 27.2. The largest absolute Gasteiger partial charge is 0.488 e. The molecule has 1 amide bonds. The summed E-state index contributed by atoms with van der Waals surface area (Å²) in [5.41, 5.74) is 1.33. The maximum atomic E-state index is 13.8. The first-order chi connectivity index (χ1) is 21.4. The van der Waals surface area contributed by atoms with Gasteiger partial charge in [0.25, 0.3) is 0 Å². The molecule has 3 unspecified atom stereocenters. The Morgan fingerprint density at radius 1 is 0.911 bits per heavy atom. The molecule has 4 aromatic rings. The van der Waals surface area contributed by atoms with Crippen molar-refractivity contribution in [2.75, 3.05) is 13.7 Å². The summed E-state index contributed by atoms with van der Waals surface area (Å²) in [6.07, 6.45) is -0.0732. The molecule has 236 valence electrons. The van der Waals surface area contributed by atoms with E-state index in [0.717, 1.165) is 33.2 Å². The molecule has 0 bridgehead atoms. The summed E-state index contributed by atoms with van der Waals surface area (Å²) in [5.74, 6) is 0.871. The average Bonchev–Trinajstić information content (AvgIpc) is 3.01. The van der Waals surface area contributed by atoms with E-state index in [0.29, 0.717) is 18.7 Å². The van der Waals surface area contributed by atoms with Crippen LogP contribution in [0.15, 0.2) is 91.0 Å². The Hall–Kier alpha value is -4.52. The van der Waals surface area contributed by atoms with E-state index in [9.17, 15) is 9.59 Å².